The van der Waals surface area contributed by atoms with Crippen LogP contribution in [0.4, 0.5) is 0 Å². The van der Waals surface area contributed by atoms with E-state index in [4.69, 9.17) is 14.2 Å². The Morgan fingerprint density at radius 1 is 0.291 bits per heavy atom. The van der Waals surface area contributed by atoms with Gasteiger partial charge in [-0.3, -0.25) is 14.4 Å². The summed E-state index contributed by atoms with van der Waals surface area (Å²) in [5, 5.41) is 0. The fourth-order valence-electron chi connectivity index (χ4n) is 7.38. The summed E-state index contributed by atoms with van der Waals surface area (Å²) in [5.74, 6) is -0.860. The SMILES string of the molecule is CCCCCCCCCCCCCCCCCCCC(=O)OC[C@H](COC(=O)CCCCCCC)OC(=O)CCCCCCCCCCCCCCCCC. The molecule has 0 aliphatic heterocycles. The monoisotopic (exact) mass is 779 g/mol. The van der Waals surface area contributed by atoms with Crippen LogP contribution in [-0.4, -0.2) is 37.2 Å². The highest BCUT2D eigenvalue weighted by molar-refractivity contribution is 5.71. The van der Waals surface area contributed by atoms with Crippen LogP contribution in [0.25, 0.3) is 0 Å². The average Bonchev–Trinajstić information content (AvgIpc) is 3.18. The molecule has 6 nitrogen and oxygen atoms in total. The van der Waals surface area contributed by atoms with E-state index in [9.17, 15) is 14.4 Å². The van der Waals surface area contributed by atoms with E-state index in [1.807, 2.05) is 0 Å². The van der Waals surface area contributed by atoms with Gasteiger partial charge in [0.05, 0.1) is 0 Å². The molecule has 6 heteroatoms. The first-order valence-electron chi connectivity index (χ1n) is 24.5. The first-order valence-corrected chi connectivity index (χ1v) is 24.5. The molecule has 0 fully saturated rings. The summed E-state index contributed by atoms with van der Waals surface area (Å²) >= 11 is 0. The van der Waals surface area contributed by atoms with Crippen molar-refractivity contribution in [2.75, 3.05) is 13.2 Å². The molecule has 0 aromatic rings. The quantitative estimate of drug-likeness (QED) is 0.0348. The number of hydrogen-bond donors (Lipinski definition) is 0. The maximum absolute atomic E-state index is 12.7. The number of esters is 3. The summed E-state index contributed by atoms with van der Waals surface area (Å²) in [6.45, 7) is 6.59. The molecule has 0 rings (SSSR count). The number of ether oxygens (including phenoxy) is 3. The predicted octanol–water partition coefficient (Wildman–Crippen LogP) is 15.6. The molecule has 0 N–H and O–H groups in total. The molecule has 1 atom stereocenters. The normalized spacial score (nSPS) is 11.8. The van der Waals surface area contributed by atoms with E-state index in [1.165, 1.54) is 173 Å². The van der Waals surface area contributed by atoms with Crippen molar-refractivity contribution in [3.05, 3.63) is 0 Å². The van der Waals surface area contributed by atoms with Gasteiger partial charge in [0, 0.05) is 19.3 Å². The number of carbonyl (C=O) groups is 3. The van der Waals surface area contributed by atoms with Crippen LogP contribution in [0.1, 0.15) is 278 Å². The topological polar surface area (TPSA) is 78.9 Å². The highest BCUT2D eigenvalue weighted by Crippen LogP contribution is 2.16. The van der Waals surface area contributed by atoms with Gasteiger partial charge in [0.1, 0.15) is 13.2 Å². The Kier molecular flexibility index (Phi) is 43.8. The molecule has 0 radical (unpaired) electrons. The minimum absolute atomic E-state index is 0.0633. The van der Waals surface area contributed by atoms with Crippen molar-refractivity contribution in [1.82, 2.24) is 0 Å². The third-order valence-corrected chi connectivity index (χ3v) is 11.1. The molecule has 0 unspecified atom stereocenters. The lowest BCUT2D eigenvalue weighted by Crippen LogP contribution is -2.30. The predicted molar refractivity (Wildman–Crippen MR) is 233 cm³/mol. The van der Waals surface area contributed by atoms with Crippen molar-refractivity contribution < 1.29 is 28.6 Å². The van der Waals surface area contributed by atoms with Gasteiger partial charge in [-0.15, -0.1) is 0 Å². The number of carbonyl (C=O) groups excluding carboxylic acids is 3. The molecule has 0 spiro atoms. The second-order valence-corrected chi connectivity index (χ2v) is 16.7. The van der Waals surface area contributed by atoms with Gasteiger partial charge in [0.25, 0.3) is 0 Å². The minimum Gasteiger partial charge on any atom is -0.462 e. The summed E-state index contributed by atoms with van der Waals surface area (Å²) in [5.41, 5.74) is 0. The lowest BCUT2D eigenvalue weighted by molar-refractivity contribution is -0.167. The average molecular weight is 779 g/mol. The Bertz CT molecular complexity index is 813. The van der Waals surface area contributed by atoms with Gasteiger partial charge in [0.2, 0.25) is 0 Å². The van der Waals surface area contributed by atoms with E-state index >= 15 is 0 Å². The standard InChI is InChI=1S/C49H94O6/c1-4-7-10-13-15-17-19-21-23-24-26-27-29-31-33-36-39-42-48(51)54-45-46(44-53-47(50)41-38-35-12-9-6-3)55-49(52)43-40-37-34-32-30-28-25-22-20-18-16-14-11-8-5-2/h46H,4-45H2,1-3H3/t46-/m0/s1. The summed E-state index contributed by atoms with van der Waals surface area (Å²) in [4.78, 5) is 37.6. The first kappa shape index (κ1) is 53.4. The van der Waals surface area contributed by atoms with E-state index in [0.29, 0.717) is 19.3 Å². The molecule has 55 heavy (non-hydrogen) atoms. The molecule has 0 heterocycles. The molecule has 326 valence electrons. The van der Waals surface area contributed by atoms with E-state index in [0.717, 1.165) is 64.2 Å². The van der Waals surface area contributed by atoms with E-state index in [-0.39, 0.29) is 31.1 Å². The Morgan fingerprint density at radius 2 is 0.491 bits per heavy atom. The van der Waals surface area contributed by atoms with Crippen LogP contribution in [0.3, 0.4) is 0 Å². The van der Waals surface area contributed by atoms with Crippen molar-refractivity contribution in [3.63, 3.8) is 0 Å². The third-order valence-electron chi connectivity index (χ3n) is 11.1. The Hall–Kier alpha value is -1.59. The van der Waals surface area contributed by atoms with Crippen LogP contribution in [-0.2, 0) is 28.6 Å². The van der Waals surface area contributed by atoms with Crippen molar-refractivity contribution in [2.45, 2.75) is 284 Å². The molecule has 0 aliphatic rings. The fraction of sp³-hybridized carbons (Fsp3) is 0.939. The number of hydrogen-bond acceptors (Lipinski definition) is 6. The third kappa shape index (κ3) is 43.4. The van der Waals surface area contributed by atoms with Gasteiger partial charge in [-0.25, -0.2) is 0 Å². The second kappa shape index (κ2) is 45.1. The molecule has 0 aromatic heterocycles. The van der Waals surface area contributed by atoms with Crippen LogP contribution in [0.5, 0.6) is 0 Å². The number of rotatable bonds is 45. The zero-order chi connectivity index (χ0) is 40.1. The van der Waals surface area contributed by atoms with Gasteiger partial charge >= 0.3 is 17.9 Å². The second-order valence-electron chi connectivity index (χ2n) is 16.7. The molecule has 0 bridgehead atoms. The Morgan fingerprint density at radius 3 is 0.727 bits per heavy atom. The maximum Gasteiger partial charge on any atom is 0.306 e. The van der Waals surface area contributed by atoms with Crippen molar-refractivity contribution in [1.29, 1.82) is 0 Å². The van der Waals surface area contributed by atoms with Gasteiger partial charge in [-0.2, -0.15) is 0 Å². The van der Waals surface area contributed by atoms with Crippen LogP contribution in [0.15, 0.2) is 0 Å². The Labute approximate surface area is 342 Å². The molecule has 0 aromatic carbocycles. The zero-order valence-corrected chi connectivity index (χ0v) is 37.2. The highest BCUT2D eigenvalue weighted by atomic mass is 16.6. The van der Waals surface area contributed by atoms with Crippen molar-refractivity contribution in [2.24, 2.45) is 0 Å². The molecular formula is C49H94O6. The first-order chi connectivity index (χ1) is 27.0. The molecule has 0 aliphatic carbocycles. The fourth-order valence-corrected chi connectivity index (χ4v) is 7.38. The van der Waals surface area contributed by atoms with Crippen LogP contribution < -0.4 is 0 Å². The van der Waals surface area contributed by atoms with Gasteiger partial charge < -0.3 is 14.2 Å². The lowest BCUT2D eigenvalue weighted by atomic mass is 10.0. The molecule has 0 saturated heterocycles. The van der Waals surface area contributed by atoms with Crippen LogP contribution >= 0.6 is 0 Å². The zero-order valence-electron chi connectivity index (χ0n) is 37.2. The van der Waals surface area contributed by atoms with Gasteiger partial charge in [-0.1, -0.05) is 239 Å². The maximum atomic E-state index is 12.7. The largest absolute Gasteiger partial charge is 0.462 e. The summed E-state index contributed by atoms with van der Waals surface area (Å²) in [6, 6.07) is 0. The van der Waals surface area contributed by atoms with Crippen LogP contribution in [0, 0.1) is 0 Å². The van der Waals surface area contributed by atoms with Crippen LogP contribution in [0.2, 0.25) is 0 Å². The van der Waals surface area contributed by atoms with Crippen molar-refractivity contribution >= 4 is 17.9 Å². The van der Waals surface area contributed by atoms with Gasteiger partial charge in [-0.05, 0) is 19.3 Å². The number of unbranched alkanes of at least 4 members (excludes halogenated alkanes) is 34. The molecule has 0 saturated carbocycles. The highest BCUT2D eigenvalue weighted by Gasteiger charge is 2.19. The summed E-state index contributed by atoms with van der Waals surface area (Å²) in [7, 11) is 0. The van der Waals surface area contributed by atoms with E-state index < -0.39 is 6.10 Å². The minimum atomic E-state index is -0.757. The molecule has 0 amide bonds. The van der Waals surface area contributed by atoms with E-state index in [1.54, 1.807) is 0 Å². The summed E-state index contributed by atoms with van der Waals surface area (Å²) < 4.78 is 16.7. The van der Waals surface area contributed by atoms with E-state index in [2.05, 4.69) is 20.8 Å². The smallest absolute Gasteiger partial charge is 0.306 e. The lowest BCUT2D eigenvalue weighted by Gasteiger charge is -2.18. The van der Waals surface area contributed by atoms with Crippen molar-refractivity contribution in [3.8, 4) is 0 Å². The molecular weight excluding hydrogens is 685 g/mol. The Balaban J connectivity index is 4.12. The summed E-state index contributed by atoms with van der Waals surface area (Å²) in [6.07, 6.45) is 46.9. The van der Waals surface area contributed by atoms with Gasteiger partial charge in [0.15, 0.2) is 6.10 Å².